The van der Waals surface area contributed by atoms with Crippen LogP contribution in [-0.4, -0.2) is 28.7 Å². The lowest BCUT2D eigenvalue weighted by atomic mass is 10.2. The van der Waals surface area contributed by atoms with Crippen LogP contribution >= 0.6 is 11.3 Å². The maximum Gasteiger partial charge on any atom is 0.259 e. The predicted octanol–water partition coefficient (Wildman–Crippen LogP) is 3.70. The molecule has 0 saturated heterocycles. The summed E-state index contributed by atoms with van der Waals surface area (Å²) in [4.78, 5) is 25.6. The lowest BCUT2D eigenvalue weighted by Gasteiger charge is -2.22. The second-order valence-electron chi connectivity index (χ2n) is 6.35. The van der Waals surface area contributed by atoms with Gasteiger partial charge in [0.05, 0.1) is 24.5 Å². The third-order valence-electron chi connectivity index (χ3n) is 4.59. The first-order valence-electron chi connectivity index (χ1n) is 8.79. The van der Waals surface area contributed by atoms with Gasteiger partial charge in [-0.25, -0.2) is 9.37 Å². The van der Waals surface area contributed by atoms with E-state index in [9.17, 15) is 9.18 Å². The van der Waals surface area contributed by atoms with Crippen LogP contribution < -0.4 is 10.5 Å². The molecule has 5 nitrogen and oxygen atoms in total. The van der Waals surface area contributed by atoms with Crippen molar-refractivity contribution in [3.05, 3.63) is 68.8 Å². The summed E-state index contributed by atoms with van der Waals surface area (Å²) in [5.41, 5.74) is 3.36. The van der Waals surface area contributed by atoms with Crippen LogP contribution in [0.4, 0.5) is 10.1 Å². The third kappa shape index (κ3) is 3.30. The van der Waals surface area contributed by atoms with E-state index in [1.54, 1.807) is 22.6 Å². The highest BCUT2D eigenvalue weighted by molar-refractivity contribution is 7.17. The molecule has 0 radical (unpaired) electrons. The number of anilines is 1. The van der Waals surface area contributed by atoms with Crippen molar-refractivity contribution in [2.75, 3.05) is 18.0 Å². The summed E-state index contributed by atoms with van der Waals surface area (Å²) < 4.78 is 14.9. The quantitative estimate of drug-likeness (QED) is 0.676. The highest BCUT2D eigenvalue weighted by Gasteiger charge is 2.17. The predicted molar refractivity (Wildman–Crippen MR) is 109 cm³/mol. The number of hydrogen-bond acceptors (Lipinski definition) is 5. The summed E-state index contributed by atoms with van der Waals surface area (Å²) in [6.45, 7) is 5.89. The highest BCUT2D eigenvalue weighted by Crippen LogP contribution is 2.27. The van der Waals surface area contributed by atoms with Crippen molar-refractivity contribution in [2.45, 2.75) is 20.4 Å². The second kappa shape index (κ2) is 7.08. The molecule has 0 saturated carbocycles. The largest absolute Gasteiger partial charge is 0.366 e. The fraction of sp³-hybridized carbons (Fsp3) is 0.250. The van der Waals surface area contributed by atoms with Gasteiger partial charge in [0.25, 0.3) is 5.56 Å². The Labute approximate surface area is 160 Å². The number of aliphatic imine (C=N–C) groups is 1. The molecule has 1 aliphatic heterocycles. The summed E-state index contributed by atoms with van der Waals surface area (Å²) in [5.74, 6) is -0.265. The van der Waals surface area contributed by atoms with Gasteiger partial charge in [-0.1, -0.05) is 6.08 Å². The number of fused-ring (bicyclic) bond motifs is 1. The summed E-state index contributed by atoms with van der Waals surface area (Å²) >= 11 is 1.51. The molecule has 0 bridgehead atoms. The van der Waals surface area contributed by atoms with Gasteiger partial charge in [0, 0.05) is 35.0 Å². The Morgan fingerprint density at radius 2 is 2.07 bits per heavy atom. The fourth-order valence-corrected chi connectivity index (χ4v) is 4.30. The normalized spacial score (nSPS) is 13.4. The van der Waals surface area contributed by atoms with Crippen molar-refractivity contribution >= 4 is 33.8 Å². The first-order chi connectivity index (χ1) is 13.1. The average Bonchev–Trinajstić information content (AvgIpc) is 3.27. The molecule has 4 rings (SSSR count). The Balaban J connectivity index is 1.72. The standard InChI is InChI=1S/C20H19FN4OS/c1-3-24(17-6-4-15(21)5-7-17)12-16-10-18(26)25-19(14-8-9-22-11-14)13(2)27-20(25)23-16/h4-8,10-11H,3,9,12H2,1-2H3. The number of aromatic nitrogens is 2. The van der Waals surface area contributed by atoms with Gasteiger partial charge in [0.1, 0.15) is 5.82 Å². The Morgan fingerprint density at radius 1 is 1.30 bits per heavy atom. The van der Waals surface area contributed by atoms with E-state index in [2.05, 4.69) is 9.89 Å². The van der Waals surface area contributed by atoms with Crippen LogP contribution in [0.25, 0.3) is 10.5 Å². The van der Waals surface area contributed by atoms with E-state index in [1.807, 2.05) is 26.1 Å². The van der Waals surface area contributed by atoms with Crippen LogP contribution in [0.3, 0.4) is 0 Å². The van der Waals surface area contributed by atoms with Crippen molar-refractivity contribution in [2.24, 2.45) is 4.99 Å². The van der Waals surface area contributed by atoms with E-state index in [0.717, 1.165) is 28.4 Å². The van der Waals surface area contributed by atoms with Crippen molar-refractivity contribution in [1.29, 1.82) is 0 Å². The summed E-state index contributed by atoms with van der Waals surface area (Å²) in [7, 11) is 0. The zero-order valence-electron chi connectivity index (χ0n) is 15.1. The minimum Gasteiger partial charge on any atom is -0.366 e. The van der Waals surface area contributed by atoms with Crippen LogP contribution in [-0.2, 0) is 6.54 Å². The number of halogens is 1. The second-order valence-corrected chi connectivity index (χ2v) is 7.54. The maximum absolute atomic E-state index is 13.2. The monoisotopic (exact) mass is 382 g/mol. The molecule has 0 spiro atoms. The molecule has 0 fully saturated rings. The fourth-order valence-electron chi connectivity index (χ4n) is 3.28. The topological polar surface area (TPSA) is 50.0 Å². The molecular formula is C20H19FN4OS. The Bertz CT molecular complexity index is 1110. The molecule has 0 N–H and O–H groups in total. The third-order valence-corrected chi connectivity index (χ3v) is 5.55. The van der Waals surface area contributed by atoms with Gasteiger partial charge >= 0.3 is 0 Å². The van der Waals surface area contributed by atoms with Crippen LogP contribution in [0.1, 0.15) is 23.2 Å². The smallest absolute Gasteiger partial charge is 0.259 e. The number of thiazole rings is 1. The SMILES string of the molecule is CCN(Cc1cc(=O)n2c(C3=CCN=C3)c(C)sc2n1)c1ccc(F)cc1. The first kappa shape index (κ1) is 17.6. The lowest BCUT2D eigenvalue weighted by molar-refractivity contribution is 0.627. The number of rotatable bonds is 5. The highest BCUT2D eigenvalue weighted by atomic mass is 32.1. The van der Waals surface area contributed by atoms with E-state index >= 15 is 0 Å². The van der Waals surface area contributed by atoms with E-state index in [1.165, 1.54) is 23.5 Å². The molecule has 3 aromatic rings. The van der Waals surface area contributed by atoms with Crippen LogP contribution in [0.2, 0.25) is 0 Å². The van der Waals surface area contributed by atoms with E-state index in [0.29, 0.717) is 23.7 Å². The molecule has 0 amide bonds. The Kier molecular flexibility index (Phi) is 4.61. The Hall–Kier alpha value is -2.80. The zero-order valence-corrected chi connectivity index (χ0v) is 16.0. The lowest BCUT2D eigenvalue weighted by Crippen LogP contribution is -2.25. The minimum atomic E-state index is -0.265. The summed E-state index contributed by atoms with van der Waals surface area (Å²) in [6, 6.07) is 7.94. The van der Waals surface area contributed by atoms with E-state index in [-0.39, 0.29) is 11.4 Å². The van der Waals surface area contributed by atoms with Gasteiger partial charge in [0.15, 0.2) is 4.96 Å². The number of aryl methyl sites for hydroxylation is 1. The van der Waals surface area contributed by atoms with E-state index in [4.69, 9.17) is 4.98 Å². The van der Waals surface area contributed by atoms with Gasteiger partial charge in [-0.3, -0.25) is 14.2 Å². The molecule has 0 atom stereocenters. The number of allylic oxidation sites excluding steroid dienone is 1. The zero-order chi connectivity index (χ0) is 19.0. The number of benzene rings is 1. The summed E-state index contributed by atoms with van der Waals surface area (Å²) in [6.07, 6.45) is 3.82. The van der Waals surface area contributed by atoms with E-state index < -0.39 is 0 Å². The minimum absolute atomic E-state index is 0.0919. The summed E-state index contributed by atoms with van der Waals surface area (Å²) in [5, 5.41) is 0. The first-order valence-corrected chi connectivity index (χ1v) is 9.61. The van der Waals surface area contributed by atoms with Gasteiger partial charge in [-0.15, -0.1) is 11.3 Å². The molecule has 2 aromatic heterocycles. The molecule has 1 aliphatic rings. The van der Waals surface area contributed by atoms with Gasteiger partial charge < -0.3 is 4.90 Å². The average molecular weight is 382 g/mol. The van der Waals surface area contributed by atoms with Crippen molar-refractivity contribution in [3.63, 3.8) is 0 Å². The molecule has 7 heteroatoms. The van der Waals surface area contributed by atoms with Crippen molar-refractivity contribution in [3.8, 4) is 0 Å². The molecular weight excluding hydrogens is 363 g/mol. The molecule has 3 heterocycles. The number of hydrogen-bond donors (Lipinski definition) is 0. The number of nitrogens with zero attached hydrogens (tertiary/aromatic N) is 4. The van der Waals surface area contributed by atoms with Gasteiger partial charge in [0.2, 0.25) is 0 Å². The molecule has 138 valence electrons. The van der Waals surface area contributed by atoms with Crippen LogP contribution in [0.5, 0.6) is 0 Å². The van der Waals surface area contributed by atoms with Gasteiger partial charge in [-0.2, -0.15) is 0 Å². The molecule has 1 aromatic carbocycles. The van der Waals surface area contributed by atoms with Crippen molar-refractivity contribution < 1.29 is 4.39 Å². The molecule has 27 heavy (non-hydrogen) atoms. The Morgan fingerprint density at radius 3 is 2.74 bits per heavy atom. The van der Waals surface area contributed by atoms with Crippen LogP contribution in [0, 0.1) is 12.7 Å². The van der Waals surface area contributed by atoms with Gasteiger partial charge in [-0.05, 0) is 38.1 Å². The van der Waals surface area contributed by atoms with Crippen LogP contribution in [0.15, 0.2) is 46.2 Å². The van der Waals surface area contributed by atoms with Crippen molar-refractivity contribution in [1.82, 2.24) is 9.38 Å². The molecule has 0 aliphatic carbocycles. The molecule has 0 unspecified atom stereocenters. The maximum atomic E-state index is 13.2.